The largest absolute Gasteiger partial charge is 0.493 e. The van der Waals surface area contributed by atoms with Crippen LogP contribution in [-0.2, 0) is 21.7 Å². The first-order valence-corrected chi connectivity index (χ1v) is 11.4. The van der Waals surface area contributed by atoms with Crippen LogP contribution in [0.3, 0.4) is 0 Å². The van der Waals surface area contributed by atoms with E-state index in [0.717, 1.165) is 41.9 Å². The number of amides is 1. The molecule has 3 atom stereocenters. The van der Waals surface area contributed by atoms with Crippen molar-refractivity contribution in [2.45, 2.75) is 44.1 Å². The average Bonchev–Trinajstić information content (AvgIpc) is 3.15. The summed E-state index contributed by atoms with van der Waals surface area (Å²) in [5.41, 5.74) is 6.78. The molecule has 1 saturated heterocycles. The Balaban J connectivity index is 1.49. The van der Waals surface area contributed by atoms with Gasteiger partial charge in [0.25, 0.3) is 5.91 Å². The van der Waals surface area contributed by atoms with Crippen molar-refractivity contribution in [2.75, 3.05) is 26.9 Å². The molecule has 0 unspecified atom stereocenters. The van der Waals surface area contributed by atoms with E-state index in [9.17, 15) is 9.90 Å². The van der Waals surface area contributed by atoms with Crippen LogP contribution in [0.2, 0.25) is 4.34 Å². The van der Waals surface area contributed by atoms with Gasteiger partial charge in [0.2, 0.25) is 0 Å². The third-order valence-electron chi connectivity index (χ3n) is 6.06. The zero-order valence-corrected chi connectivity index (χ0v) is 19.2. The number of aliphatic hydroxyl groups excluding tert-OH is 1. The van der Waals surface area contributed by atoms with Crippen LogP contribution in [-0.4, -0.2) is 48.8 Å². The van der Waals surface area contributed by atoms with Crippen molar-refractivity contribution >= 4 is 28.8 Å². The number of primary amides is 1. The van der Waals surface area contributed by atoms with Crippen molar-refractivity contribution in [1.82, 2.24) is 4.90 Å². The summed E-state index contributed by atoms with van der Waals surface area (Å²) in [5, 5.41) is 10.3. The van der Waals surface area contributed by atoms with Crippen LogP contribution in [0.15, 0.2) is 24.3 Å². The van der Waals surface area contributed by atoms with Crippen molar-refractivity contribution in [3.8, 4) is 11.5 Å². The van der Waals surface area contributed by atoms with E-state index in [1.165, 1.54) is 11.3 Å². The minimum absolute atomic E-state index is 0.197. The lowest BCUT2D eigenvalue weighted by Crippen LogP contribution is -2.50. The number of hydrogen-bond donors (Lipinski definition) is 2. The molecule has 168 valence electrons. The second-order valence-electron chi connectivity index (χ2n) is 8.17. The molecule has 0 radical (unpaired) electrons. The summed E-state index contributed by atoms with van der Waals surface area (Å²) >= 11 is 7.78. The van der Waals surface area contributed by atoms with Gasteiger partial charge in [0, 0.05) is 29.6 Å². The fraction of sp³-hybridized carbons (Fsp3) is 0.500. The Kier molecular flexibility index (Phi) is 6.46. The van der Waals surface area contributed by atoms with Gasteiger partial charge in [0.05, 0.1) is 18.1 Å². The standard InChI is InChI=1S/C22H27ClN2O5S/c1-13-9-22(21-15(8-19(23)31-21)16(26)11-30-22)5-6-25(13)10-14-3-4-17(28-2)18(7-14)29-12-20(24)27/h3-4,7-8,13,16,26H,5-6,9-12H2,1-2H3,(H2,24,27)/t13-,16-,22+/m0/s1. The van der Waals surface area contributed by atoms with E-state index in [1.807, 2.05) is 24.3 Å². The Morgan fingerprint density at radius 3 is 2.94 bits per heavy atom. The van der Waals surface area contributed by atoms with Crippen LogP contribution < -0.4 is 15.2 Å². The fourth-order valence-corrected chi connectivity index (χ4v) is 5.98. The van der Waals surface area contributed by atoms with Crippen LogP contribution >= 0.6 is 22.9 Å². The number of carbonyl (C=O) groups is 1. The second kappa shape index (κ2) is 8.96. The van der Waals surface area contributed by atoms with Gasteiger partial charge < -0.3 is 25.1 Å². The van der Waals surface area contributed by atoms with Crippen molar-refractivity contribution in [3.05, 3.63) is 44.6 Å². The Bertz CT molecular complexity index is 967. The number of thiophene rings is 1. The lowest BCUT2D eigenvalue weighted by Gasteiger charge is -2.47. The van der Waals surface area contributed by atoms with Gasteiger partial charge in [-0.25, -0.2) is 0 Å². The van der Waals surface area contributed by atoms with Crippen molar-refractivity contribution in [3.63, 3.8) is 0 Å². The maximum absolute atomic E-state index is 11.1. The van der Waals surface area contributed by atoms with E-state index in [4.69, 9.17) is 31.5 Å². The van der Waals surface area contributed by atoms with Gasteiger partial charge in [-0.3, -0.25) is 9.69 Å². The Morgan fingerprint density at radius 1 is 1.42 bits per heavy atom. The number of methoxy groups -OCH3 is 1. The molecule has 31 heavy (non-hydrogen) atoms. The summed E-state index contributed by atoms with van der Waals surface area (Å²) in [7, 11) is 1.56. The molecule has 3 heterocycles. The molecule has 1 spiro atoms. The van der Waals surface area contributed by atoms with Gasteiger partial charge >= 0.3 is 0 Å². The molecule has 1 aromatic heterocycles. The molecule has 0 aliphatic carbocycles. The summed E-state index contributed by atoms with van der Waals surface area (Å²) in [4.78, 5) is 14.5. The van der Waals surface area contributed by atoms with Gasteiger partial charge in [-0.1, -0.05) is 17.7 Å². The Hall–Kier alpha value is -1.84. The highest BCUT2D eigenvalue weighted by Gasteiger charge is 2.46. The van der Waals surface area contributed by atoms with Gasteiger partial charge in [0.1, 0.15) is 11.7 Å². The van der Waals surface area contributed by atoms with Crippen molar-refractivity contribution in [1.29, 1.82) is 0 Å². The SMILES string of the molecule is COc1ccc(CN2CC[C@]3(C[C@@H]2C)OC[C@H](O)c2cc(Cl)sc23)cc1OCC(N)=O. The molecule has 4 rings (SSSR count). The van der Waals surface area contributed by atoms with Crippen LogP contribution in [0.4, 0.5) is 0 Å². The number of rotatable bonds is 6. The summed E-state index contributed by atoms with van der Waals surface area (Å²) in [6, 6.07) is 7.86. The number of hydrogen-bond acceptors (Lipinski definition) is 7. The fourth-order valence-electron chi connectivity index (χ4n) is 4.51. The van der Waals surface area contributed by atoms with Crippen LogP contribution in [0.1, 0.15) is 41.9 Å². The van der Waals surface area contributed by atoms with Crippen molar-refractivity contribution < 1.29 is 24.1 Å². The average molecular weight is 467 g/mol. The van der Waals surface area contributed by atoms with Crippen LogP contribution in [0.25, 0.3) is 0 Å². The van der Waals surface area contributed by atoms with E-state index < -0.39 is 17.6 Å². The lowest BCUT2D eigenvalue weighted by molar-refractivity contribution is -0.139. The lowest BCUT2D eigenvalue weighted by atomic mass is 9.81. The quantitative estimate of drug-likeness (QED) is 0.678. The zero-order chi connectivity index (χ0) is 22.2. The third-order valence-corrected chi connectivity index (χ3v) is 7.52. The number of benzene rings is 1. The molecule has 0 saturated carbocycles. The summed E-state index contributed by atoms with van der Waals surface area (Å²) in [5.74, 6) is 0.530. The topological polar surface area (TPSA) is 94.2 Å². The van der Waals surface area contributed by atoms with E-state index in [1.54, 1.807) is 7.11 Å². The molecular weight excluding hydrogens is 440 g/mol. The first-order valence-electron chi connectivity index (χ1n) is 10.2. The molecule has 7 nitrogen and oxygen atoms in total. The van der Waals surface area contributed by atoms with Gasteiger partial charge in [-0.15, -0.1) is 11.3 Å². The Labute approximate surface area is 190 Å². The predicted octanol–water partition coefficient (Wildman–Crippen LogP) is 3.22. The van der Waals surface area contributed by atoms with Crippen LogP contribution in [0.5, 0.6) is 11.5 Å². The predicted molar refractivity (Wildman–Crippen MR) is 119 cm³/mol. The molecule has 1 amide bonds. The summed E-state index contributed by atoms with van der Waals surface area (Å²) in [6.07, 6.45) is 1.04. The normalized spacial score (nSPS) is 25.9. The smallest absolute Gasteiger partial charge is 0.255 e. The molecule has 2 aromatic rings. The number of likely N-dealkylation sites (tertiary alicyclic amines) is 1. The molecule has 3 N–H and O–H groups in total. The highest BCUT2D eigenvalue weighted by atomic mass is 35.5. The summed E-state index contributed by atoms with van der Waals surface area (Å²) < 4.78 is 17.8. The maximum atomic E-state index is 11.1. The van der Waals surface area contributed by atoms with Crippen molar-refractivity contribution in [2.24, 2.45) is 5.73 Å². The number of piperidine rings is 1. The van der Waals surface area contributed by atoms with E-state index >= 15 is 0 Å². The molecule has 2 aliphatic heterocycles. The highest BCUT2D eigenvalue weighted by molar-refractivity contribution is 7.16. The van der Waals surface area contributed by atoms with Gasteiger partial charge in [-0.2, -0.15) is 0 Å². The first kappa shape index (κ1) is 22.4. The highest BCUT2D eigenvalue weighted by Crippen LogP contribution is 2.50. The van der Waals surface area contributed by atoms with Gasteiger partial charge in [-0.05, 0) is 43.5 Å². The van der Waals surface area contributed by atoms with E-state index in [-0.39, 0.29) is 12.6 Å². The molecular formula is C22H27ClN2O5S. The Morgan fingerprint density at radius 2 is 2.23 bits per heavy atom. The third kappa shape index (κ3) is 4.54. The van der Waals surface area contributed by atoms with E-state index in [0.29, 0.717) is 22.4 Å². The maximum Gasteiger partial charge on any atom is 0.255 e. The number of aliphatic hydroxyl groups is 1. The molecule has 1 aromatic carbocycles. The molecule has 2 aliphatic rings. The molecule has 1 fully saturated rings. The first-order chi connectivity index (χ1) is 14.8. The zero-order valence-electron chi connectivity index (χ0n) is 17.6. The number of carbonyl (C=O) groups excluding carboxylic acids is 1. The van der Waals surface area contributed by atoms with Gasteiger partial charge in [0.15, 0.2) is 18.1 Å². The minimum atomic E-state index is -0.615. The number of halogens is 1. The number of fused-ring (bicyclic) bond motifs is 2. The van der Waals surface area contributed by atoms with Crippen LogP contribution in [0, 0.1) is 0 Å². The summed E-state index contributed by atoms with van der Waals surface area (Å²) in [6.45, 7) is 3.87. The monoisotopic (exact) mass is 466 g/mol. The van der Waals surface area contributed by atoms with E-state index in [2.05, 4.69) is 11.8 Å². The molecule has 0 bridgehead atoms. The number of ether oxygens (including phenoxy) is 3. The minimum Gasteiger partial charge on any atom is -0.493 e. The number of nitrogens with zero attached hydrogens (tertiary/aromatic N) is 1. The second-order valence-corrected chi connectivity index (χ2v) is 9.85. The number of nitrogens with two attached hydrogens (primary N) is 1. The molecule has 9 heteroatoms.